The van der Waals surface area contributed by atoms with Crippen molar-refractivity contribution < 1.29 is 34.5 Å². The first-order valence-electron chi connectivity index (χ1n) is 20.8. The average molecular weight is 747 g/mol. The predicted octanol–water partition coefficient (Wildman–Crippen LogP) is 8.48. The average Bonchev–Trinajstić information content (AvgIpc) is 3.50. The van der Waals surface area contributed by atoms with Crippen LogP contribution >= 0.6 is 0 Å². The number of aromatic carboxylic acids is 1. The molecule has 1 amide bonds. The standard InChI is InChI=1S/C45H66N2O7/c1-28(2)31-14-21-45(40(54)46-24-27-47(25-17-36(48)49)26-18-37(50)51)23-22-43(6)33(38(31)45)12-13-35-42(5)19-15-32(29-8-10-30(11-9-29)39(52)53)41(3,4)34(42)16-20-44(35,43)7/h8-11,15,28,31,33-35,38H,12-14,16-27H2,1-7H3,(H,46,54)(H,48,49)(H,50,51)(H,52,53)/t31-,33+,34-,35+,38+,42-,43+,44+,45-/m0/s1. The van der Waals surface area contributed by atoms with Crippen LogP contribution in [-0.4, -0.2) is 70.2 Å². The van der Waals surface area contributed by atoms with Gasteiger partial charge in [0, 0.05) is 26.2 Å². The molecule has 1 aromatic rings. The molecule has 0 aliphatic heterocycles. The number of hydrogen-bond donors (Lipinski definition) is 4. The number of carboxylic acid groups (broad SMARTS) is 3. The molecule has 5 aliphatic rings. The van der Waals surface area contributed by atoms with E-state index >= 15 is 0 Å². The second-order valence-corrected chi connectivity index (χ2v) is 19.6. The van der Waals surface area contributed by atoms with Crippen molar-refractivity contribution in [1.29, 1.82) is 0 Å². The van der Waals surface area contributed by atoms with Crippen LogP contribution in [0, 0.1) is 62.6 Å². The Kier molecular flexibility index (Phi) is 11.0. The lowest BCUT2D eigenvalue weighted by molar-refractivity contribution is -0.227. The molecule has 1 aromatic carbocycles. The van der Waals surface area contributed by atoms with E-state index in [4.69, 9.17) is 0 Å². The summed E-state index contributed by atoms with van der Waals surface area (Å²) in [6.45, 7) is 18.7. The number of rotatable bonds is 13. The van der Waals surface area contributed by atoms with Gasteiger partial charge in [-0.1, -0.05) is 66.7 Å². The van der Waals surface area contributed by atoms with Gasteiger partial charge in [-0.3, -0.25) is 14.4 Å². The summed E-state index contributed by atoms with van der Waals surface area (Å²) < 4.78 is 0. The lowest BCUT2D eigenvalue weighted by Gasteiger charge is -2.72. The van der Waals surface area contributed by atoms with Gasteiger partial charge < -0.3 is 25.5 Å². The van der Waals surface area contributed by atoms with Crippen molar-refractivity contribution in [3.05, 3.63) is 41.5 Å². The van der Waals surface area contributed by atoms with E-state index in [1.165, 1.54) is 18.4 Å². The number of carbonyl (C=O) groups is 4. The molecule has 0 heterocycles. The molecule has 0 radical (unpaired) electrons. The van der Waals surface area contributed by atoms with Gasteiger partial charge in [0.05, 0.1) is 23.8 Å². The minimum absolute atomic E-state index is 0.0539. The van der Waals surface area contributed by atoms with Gasteiger partial charge in [-0.25, -0.2) is 4.79 Å². The SMILES string of the molecule is CC(C)[C@@H]1CC[C@]2(C(=O)NCCN(CCC(=O)O)CCC(=O)O)CC[C@]3(C)[C@H](CC[C@@H]4[C@@]5(C)CC=C(c6ccc(C(=O)O)cc6)C(C)(C)[C@@H]5CC[C@]43C)[C@@H]12. The van der Waals surface area contributed by atoms with Crippen LogP contribution in [-0.2, 0) is 14.4 Å². The normalized spacial score (nSPS) is 36.7. The molecule has 4 saturated carbocycles. The topological polar surface area (TPSA) is 144 Å². The summed E-state index contributed by atoms with van der Waals surface area (Å²) in [5.74, 6) is 0.260. The molecule has 5 aliphatic carbocycles. The molecule has 4 fully saturated rings. The number of nitrogens with zero attached hydrogens (tertiary/aromatic N) is 1. The first-order chi connectivity index (χ1) is 25.3. The van der Waals surface area contributed by atoms with Gasteiger partial charge in [-0.15, -0.1) is 0 Å². The van der Waals surface area contributed by atoms with Crippen LogP contribution in [0.25, 0.3) is 5.57 Å². The third kappa shape index (κ3) is 6.62. The molecule has 298 valence electrons. The summed E-state index contributed by atoms with van der Waals surface area (Å²) in [7, 11) is 0. The number of fused-ring (bicyclic) bond motifs is 7. The molecule has 0 aromatic heterocycles. The van der Waals surface area contributed by atoms with Gasteiger partial charge in [-0.2, -0.15) is 0 Å². The van der Waals surface area contributed by atoms with Gasteiger partial charge >= 0.3 is 17.9 Å². The number of benzene rings is 1. The summed E-state index contributed by atoms with van der Waals surface area (Å²) >= 11 is 0. The Labute approximate surface area is 322 Å². The number of aliphatic carboxylic acids is 2. The van der Waals surface area contributed by atoms with Crippen molar-refractivity contribution in [2.24, 2.45) is 62.6 Å². The second-order valence-electron chi connectivity index (χ2n) is 19.6. The van der Waals surface area contributed by atoms with Gasteiger partial charge in [0.25, 0.3) is 0 Å². The van der Waals surface area contributed by atoms with Crippen LogP contribution in [0.4, 0.5) is 0 Å². The highest BCUT2D eigenvalue weighted by Crippen LogP contribution is 2.77. The number of hydrogen-bond acceptors (Lipinski definition) is 5. The van der Waals surface area contributed by atoms with Crippen molar-refractivity contribution in [2.45, 2.75) is 119 Å². The molecule has 0 spiro atoms. The van der Waals surface area contributed by atoms with E-state index in [9.17, 15) is 34.5 Å². The summed E-state index contributed by atoms with van der Waals surface area (Å²) in [6, 6.07) is 7.45. The first-order valence-corrected chi connectivity index (χ1v) is 20.8. The van der Waals surface area contributed by atoms with E-state index in [-0.39, 0.29) is 53.5 Å². The van der Waals surface area contributed by atoms with E-state index in [2.05, 4.69) is 59.9 Å². The summed E-state index contributed by atoms with van der Waals surface area (Å²) in [5, 5.41) is 31.3. The van der Waals surface area contributed by atoms with E-state index in [0.29, 0.717) is 54.2 Å². The fourth-order valence-electron chi connectivity index (χ4n) is 14.0. The van der Waals surface area contributed by atoms with E-state index < -0.39 is 23.3 Å². The molecular weight excluding hydrogens is 681 g/mol. The number of carboxylic acids is 3. The lowest BCUT2D eigenvalue weighted by Crippen LogP contribution is -2.66. The van der Waals surface area contributed by atoms with Gasteiger partial charge in [-0.05, 0) is 138 Å². The Hall–Kier alpha value is -3.20. The number of nitrogens with one attached hydrogen (secondary N) is 1. The second kappa shape index (κ2) is 14.7. The van der Waals surface area contributed by atoms with Crippen LogP contribution in [0.1, 0.15) is 135 Å². The van der Waals surface area contributed by atoms with Gasteiger partial charge in [0.2, 0.25) is 5.91 Å². The van der Waals surface area contributed by atoms with Gasteiger partial charge in [0.15, 0.2) is 0 Å². The Balaban J connectivity index is 1.24. The minimum Gasteiger partial charge on any atom is -0.481 e. The van der Waals surface area contributed by atoms with Crippen molar-refractivity contribution in [1.82, 2.24) is 10.2 Å². The third-order valence-corrected chi connectivity index (χ3v) is 16.8. The highest BCUT2D eigenvalue weighted by Gasteiger charge is 2.71. The molecule has 0 unspecified atom stereocenters. The summed E-state index contributed by atoms with van der Waals surface area (Å²) in [4.78, 5) is 50.5. The van der Waals surface area contributed by atoms with Crippen LogP contribution in [0.3, 0.4) is 0 Å². The molecule has 9 heteroatoms. The lowest BCUT2D eigenvalue weighted by atomic mass is 9.32. The number of allylic oxidation sites excluding steroid dienone is 2. The van der Waals surface area contributed by atoms with Crippen LogP contribution in [0.15, 0.2) is 30.3 Å². The monoisotopic (exact) mass is 746 g/mol. The third-order valence-electron chi connectivity index (χ3n) is 16.8. The van der Waals surface area contributed by atoms with Gasteiger partial charge in [0.1, 0.15) is 0 Å². The summed E-state index contributed by atoms with van der Waals surface area (Å²) in [5.41, 5.74) is 2.73. The Morgan fingerprint density at radius 1 is 0.778 bits per heavy atom. The molecule has 4 N–H and O–H groups in total. The van der Waals surface area contributed by atoms with Crippen molar-refractivity contribution >= 4 is 29.4 Å². The van der Waals surface area contributed by atoms with Crippen LogP contribution < -0.4 is 5.32 Å². The quantitative estimate of drug-likeness (QED) is 0.157. The zero-order valence-corrected chi connectivity index (χ0v) is 33.9. The Morgan fingerprint density at radius 3 is 2.02 bits per heavy atom. The first kappa shape index (κ1) is 40.5. The fourth-order valence-corrected chi connectivity index (χ4v) is 14.0. The molecule has 9 nitrogen and oxygen atoms in total. The Bertz CT molecular complexity index is 1630. The smallest absolute Gasteiger partial charge is 0.335 e. The van der Waals surface area contributed by atoms with Crippen molar-refractivity contribution in [2.75, 3.05) is 26.2 Å². The molecule has 6 rings (SSSR count). The Morgan fingerprint density at radius 2 is 1.43 bits per heavy atom. The van der Waals surface area contributed by atoms with Crippen molar-refractivity contribution in [3.63, 3.8) is 0 Å². The van der Waals surface area contributed by atoms with Crippen molar-refractivity contribution in [3.8, 4) is 0 Å². The van der Waals surface area contributed by atoms with Crippen LogP contribution in [0.5, 0.6) is 0 Å². The zero-order valence-electron chi connectivity index (χ0n) is 33.9. The van der Waals surface area contributed by atoms with E-state index in [1.807, 2.05) is 17.0 Å². The van der Waals surface area contributed by atoms with Crippen LogP contribution in [0.2, 0.25) is 0 Å². The molecule has 9 atom stereocenters. The molecule has 0 saturated heterocycles. The molecular formula is C45H66N2O7. The largest absolute Gasteiger partial charge is 0.481 e. The maximum atomic E-state index is 14.6. The number of amides is 1. The summed E-state index contributed by atoms with van der Waals surface area (Å²) in [6.07, 6.45) is 12.0. The highest BCUT2D eigenvalue weighted by molar-refractivity contribution is 5.88. The molecule has 54 heavy (non-hydrogen) atoms. The highest BCUT2D eigenvalue weighted by atomic mass is 16.4. The van der Waals surface area contributed by atoms with E-state index in [0.717, 1.165) is 50.5 Å². The fraction of sp³-hybridized carbons (Fsp3) is 0.733. The predicted molar refractivity (Wildman–Crippen MR) is 210 cm³/mol. The van der Waals surface area contributed by atoms with E-state index in [1.54, 1.807) is 12.1 Å². The minimum atomic E-state index is -0.916. The number of carbonyl (C=O) groups excluding carboxylic acids is 1. The molecule has 0 bridgehead atoms. The maximum Gasteiger partial charge on any atom is 0.335 e. The zero-order chi connectivity index (χ0) is 39.4. The maximum absolute atomic E-state index is 14.6.